The van der Waals surface area contributed by atoms with Gasteiger partial charge in [-0.2, -0.15) is 0 Å². The molecule has 4 heteroatoms. The molecule has 0 radical (unpaired) electrons. The van der Waals surface area contributed by atoms with E-state index in [4.69, 9.17) is 0 Å². The zero-order valence-corrected chi connectivity index (χ0v) is 11.0. The Morgan fingerprint density at radius 1 is 1.22 bits per heavy atom. The first-order valence-corrected chi connectivity index (χ1v) is 6.29. The minimum atomic E-state index is -0.149. The van der Waals surface area contributed by atoms with Crippen LogP contribution >= 0.6 is 12.4 Å². The SMILES string of the molecule is Cl.Fc1ccc2[nH]cc(CC3CCNCC3)c2c1. The predicted molar refractivity (Wildman–Crippen MR) is 74.8 cm³/mol. The van der Waals surface area contributed by atoms with Crippen molar-refractivity contribution in [3.8, 4) is 0 Å². The molecule has 2 aromatic rings. The first-order chi connectivity index (χ1) is 8.33. The molecule has 18 heavy (non-hydrogen) atoms. The lowest BCUT2D eigenvalue weighted by Gasteiger charge is -2.22. The maximum absolute atomic E-state index is 13.2. The van der Waals surface area contributed by atoms with Gasteiger partial charge < -0.3 is 10.3 Å². The largest absolute Gasteiger partial charge is 0.361 e. The Labute approximate surface area is 112 Å². The summed E-state index contributed by atoms with van der Waals surface area (Å²) in [6.07, 6.45) is 5.54. The Kier molecular flexibility index (Phi) is 4.25. The molecule has 0 spiro atoms. The number of H-pyrrole nitrogens is 1. The normalized spacial score (nSPS) is 16.7. The number of hydrogen-bond acceptors (Lipinski definition) is 1. The van der Waals surface area contributed by atoms with Crippen LogP contribution in [0.25, 0.3) is 10.9 Å². The Balaban J connectivity index is 0.00000120. The number of benzene rings is 1. The molecule has 1 aromatic heterocycles. The van der Waals surface area contributed by atoms with E-state index in [1.165, 1.54) is 24.5 Å². The van der Waals surface area contributed by atoms with E-state index in [1.54, 1.807) is 6.07 Å². The summed E-state index contributed by atoms with van der Waals surface area (Å²) >= 11 is 0. The molecule has 0 unspecified atom stereocenters. The third kappa shape index (κ3) is 2.68. The van der Waals surface area contributed by atoms with Gasteiger partial charge in [-0.25, -0.2) is 4.39 Å². The summed E-state index contributed by atoms with van der Waals surface area (Å²) in [7, 11) is 0. The summed E-state index contributed by atoms with van der Waals surface area (Å²) in [6.45, 7) is 2.22. The maximum Gasteiger partial charge on any atom is 0.123 e. The van der Waals surface area contributed by atoms with Gasteiger partial charge in [0.05, 0.1) is 0 Å². The number of aromatic amines is 1. The van der Waals surface area contributed by atoms with Crippen molar-refractivity contribution in [1.82, 2.24) is 10.3 Å². The lowest BCUT2D eigenvalue weighted by Crippen LogP contribution is -2.28. The fourth-order valence-corrected chi connectivity index (χ4v) is 2.72. The van der Waals surface area contributed by atoms with Crippen molar-refractivity contribution in [2.75, 3.05) is 13.1 Å². The van der Waals surface area contributed by atoms with E-state index in [9.17, 15) is 4.39 Å². The Hall–Kier alpha value is -1.06. The van der Waals surface area contributed by atoms with E-state index in [-0.39, 0.29) is 18.2 Å². The van der Waals surface area contributed by atoms with Crippen molar-refractivity contribution >= 4 is 23.3 Å². The molecule has 1 aromatic carbocycles. The van der Waals surface area contributed by atoms with Gasteiger partial charge in [0, 0.05) is 17.1 Å². The highest BCUT2D eigenvalue weighted by molar-refractivity contribution is 5.85. The first kappa shape index (κ1) is 13.4. The highest BCUT2D eigenvalue weighted by Crippen LogP contribution is 2.25. The second kappa shape index (κ2) is 5.72. The van der Waals surface area contributed by atoms with Crippen molar-refractivity contribution in [1.29, 1.82) is 0 Å². The summed E-state index contributed by atoms with van der Waals surface area (Å²) in [5.74, 6) is 0.585. The lowest BCUT2D eigenvalue weighted by atomic mass is 9.91. The first-order valence-electron chi connectivity index (χ1n) is 6.29. The highest BCUT2D eigenvalue weighted by atomic mass is 35.5. The molecule has 0 saturated carbocycles. The fraction of sp³-hybridized carbons (Fsp3) is 0.429. The van der Waals surface area contributed by atoms with Crippen LogP contribution in [0.15, 0.2) is 24.4 Å². The Morgan fingerprint density at radius 3 is 2.78 bits per heavy atom. The van der Waals surface area contributed by atoms with Crippen LogP contribution in [0.2, 0.25) is 0 Å². The molecule has 2 nitrogen and oxygen atoms in total. The molecule has 1 saturated heterocycles. The molecule has 1 aliphatic rings. The van der Waals surface area contributed by atoms with Crippen molar-refractivity contribution in [3.63, 3.8) is 0 Å². The minimum absolute atomic E-state index is 0. The van der Waals surface area contributed by atoms with Crippen LogP contribution in [0.4, 0.5) is 4.39 Å². The molecule has 2 heterocycles. The topological polar surface area (TPSA) is 27.8 Å². The number of fused-ring (bicyclic) bond motifs is 1. The van der Waals surface area contributed by atoms with E-state index in [0.29, 0.717) is 0 Å². The van der Waals surface area contributed by atoms with Gasteiger partial charge in [0.15, 0.2) is 0 Å². The van der Waals surface area contributed by atoms with Crippen LogP contribution in [0.1, 0.15) is 18.4 Å². The van der Waals surface area contributed by atoms with Crippen molar-refractivity contribution in [2.24, 2.45) is 5.92 Å². The molecule has 0 aliphatic carbocycles. The number of rotatable bonds is 2. The molecule has 0 bridgehead atoms. The molecule has 98 valence electrons. The second-order valence-corrected chi connectivity index (χ2v) is 4.90. The van der Waals surface area contributed by atoms with E-state index >= 15 is 0 Å². The molecule has 0 atom stereocenters. The van der Waals surface area contributed by atoms with E-state index in [0.717, 1.165) is 36.3 Å². The van der Waals surface area contributed by atoms with Gasteiger partial charge in [-0.3, -0.25) is 0 Å². The van der Waals surface area contributed by atoms with Gasteiger partial charge in [-0.1, -0.05) is 0 Å². The average Bonchev–Trinajstić information content (AvgIpc) is 2.73. The van der Waals surface area contributed by atoms with Gasteiger partial charge in [-0.15, -0.1) is 12.4 Å². The molecule has 3 rings (SSSR count). The summed E-state index contributed by atoms with van der Waals surface area (Å²) in [5.41, 5.74) is 2.29. The molecule has 1 aliphatic heterocycles. The average molecular weight is 269 g/mol. The summed E-state index contributed by atoms with van der Waals surface area (Å²) < 4.78 is 13.2. The minimum Gasteiger partial charge on any atom is -0.361 e. The molecule has 0 amide bonds. The van der Waals surface area contributed by atoms with Crippen molar-refractivity contribution < 1.29 is 4.39 Å². The number of nitrogens with one attached hydrogen (secondary N) is 2. The van der Waals surface area contributed by atoms with Gasteiger partial charge in [0.1, 0.15) is 5.82 Å². The highest BCUT2D eigenvalue weighted by Gasteiger charge is 2.15. The van der Waals surface area contributed by atoms with Gasteiger partial charge in [0.2, 0.25) is 0 Å². The summed E-state index contributed by atoms with van der Waals surface area (Å²) in [5, 5.41) is 4.42. The maximum atomic E-state index is 13.2. The zero-order chi connectivity index (χ0) is 11.7. The third-order valence-electron chi connectivity index (χ3n) is 3.70. The fourth-order valence-electron chi connectivity index (χ4n) is 2.72. The van der Waals surface area contributed by atoms with E-state index in [2.05, 4.69) is 10.3 Å². The van der Waals surface area contributed by atoms with E-state index < -0.39 is 0 Å². The standard InChI is InChI=1S/C14H17FN2.ClH/c15-12-1-2-14-13(8-12)11(9-17-14)7-10-3-5-16-6-4-10;/h1-2,8-10,16-17H,3-7H2;1H. The van der Waals surface area contributed by atoms with Crippen LogP contribution in [0.5, 0.6) is 0 Å². The van der Waals surface area contributed by atoms with Crippen LogP contribution in [-0.2, 0) is 6.42 Å². The molecule has 2 N–H and O–H groups in total. The van der Waals surface area contributed by atoms with Crippen LogP contribution in [0, 0.1) is 11.7 Å². The number of piperidine rings is 1. The number of halogens is 2. The summed E-state index contributed by atoms with van der Waals surface area (Å²) in [6, 6.07) is 4.96. The number of aromatic nitrogens is 1. The monoisotopic (exact) mass is 268 g/mol. The van der Waals surface area contributed by atoms with Crippen molar-refractivity contribution in [2.45, 2.75) is 19.3 Å². The van der Waals surface area contributed by atoms with Gasteiger partial charge >= 0.3 is 0 Å². The molecule has 1 fully saturated rings. The Morgan fingerprint density at radius 2 is 2.00 bits per heavy atom. The van der Waals surface area contributed by atoms with Crippen LogP contribution in [-0.4, -0.2) is 18.1 Å². The quantitative estimate of drug-likeness (QED) is 0.860. The predicted octanol–water partition coefficient (Wildman–Crippen LogP) is 3.27. The molecular weight excluding hydrogens is 251 g/mol. The second-order valence-electron chi connectivity index (χ2n) is 4.90. The molecular formula is C14H18ClFN2. The zero-order valence-electron chi connectivity index (χ0n) is 10.2. The lowest BCUT2D eigenvalue weighted by molar-refractivity contribution is 0.373. The Bertz CT molecular complexity index is 517. The van der Waals surface area contributed by atoms with Crippen molar-refractivity contribution in [3.05, 3.63) is 35.8 Å². The van der Waals surface area contributed by atoms with E-state index in [1.807, 2.05) is 12.3 Å². The smallest absolute Gasteiger partial charge is 0.123 e. The van der Waals surface area contributed by atoms with Gasteiger partial charge in [0.25, 0.3) is 0 Å². The van der Waals surface area contributed by atoms with Crippen LogP contribution < -0.4 is 5.32 Å². The third-order valence-corrected chi connectivity index (χ3v) is 3.70. The summed E-state index contributed by atoms with van der Waals surface area (Å²) in [4.78, 5) is 3.22. The van der Waals surface area contributed by atoms with Gasteiger partial charge in [-0.05, 0) is 62.0 Å². The number of hydrogen-bond donors (Lipinski definition) is 2. The van der Waals surface area contributed by atoms with Crippen LogP contribution in [0.3, 0.4) is 0 Å².